The minimum atomic E-state index is -0.990. The van der Waals surface area contributed by atoms with E-state index in [0.717, 1.165) is 12.1 Å². The van der Waals surface area contributed by atoms with E-state index < -0.39 is 23.4 Å². The van der Waals surface area contributed by atoms with Crippen molar-refractivity contribution in [2.45, 2.75) is 0 Å². The lowest BCUT2D eigenvalue weighted by atomic mass is 10.1. The molecule has 0 atom stereocenters. The van der Waals surface area contributed by atoms with Gasteiger partial charge in [-0.2, -0.15) is 0 Å². The molecule has 0 saturated carbocycles. The van der Waals surface area contributed by atoms with Gasteiger partial charge in [0.25, 0.3) is 5.91 Å². The van der Waals surface area contributed by atoms with Crippen molar-refractivity contribution in [3.8, 4) is 11.3 Å². The summed E-state index contributed by atoms with van der Waals surface area (Å²) in [5.74, 6) is -2.94. The van der Waals surface area contributed by atoms with Crippen LogP contribution in [0.25, 0.3) is 16.9 Å². The average molecular weight is 393 g/mol. The van der Waals surface area contributed by atoms with Crippen LogP contribution in [-0.4, -0.2) is 26.2 Å². The van der Waals surface area contributed by atoms with Crippen LogP contribution >= 0.6 is 0 Å². The van der Waals surface area contributed by atoms with Gasteiger partial charge in [0.1, 0.15) is 23.1 Å². The van der Waals surface area contributed by atoms with Crippen LogP contribution in [0.3, 0.4) is 0 Å². The Morgan fingerprint density at radius 3 is 2.69 bits per heavy atom. The number of nitrogens with one attached hydrogen (secondary N) is 1. The van der Waals surface area contributed by atoms with E-state index in [1.54, 1.807) is 28.8 Å². The summed E-state index contributed by atoms with van der Waals surface area (Å²) in [5.41, 5.74) is 6.54. The van der Waals surface area contributed by atoms with Gasteiger partial charge in [0.05, 0.1) is 11.8 Å². The van der Waals surface area contributed by atoms with E-state index >= 15 is 0 Å². The maximum absolute atomic E-state index is 14.0. The topological polar surface area (TPSA) is 102 Å². The maximum Gasteiger partial charge on any atom is 0.259 e. The van der Waals surface area contributed by atoms with Gasteiger partial charge in [0.2, 0.25) is 5.91 Å². The molecule has 2 amide bonds. The molecular weight excluding hydrogens is 380 g/mol. The summed E-state index contributed by atoms with van der Waals surface area (Å²) in [6, 6.07) is 9.08. The first-order valence-electron chi connectivity index (χ1n) is 8.43. The van der Waals surface area contributed by atoms with E-state index in [0.29, 0.717) is 23.0 Å². The van der Waals surface area contributed by atoms with Crippen LogP contribution < -0.4 is 11.1 Å². The normalized spacial score (nSPS) is 10.8. The second kappa shape index (κ2) is 7.12. The summed E-state index contributed by atoms with van der Waals surface area (Å²) in [6.45, 7) is 0. The standard InChI is InChI=1S/C20H13F2N5O2/c21-13-4-5-14(15(22)9-13)20(29)26-19-17(25-16-10-24-6-7-27(16)19)11-2-1-3-12(8-11)18(23)28/h1-10H,(H2,23,28)(H,26,29). The number of hydrogen-bond donors (Lipinski definition) is 2. The molecular formula is C20H13F2N5O2. The summed E-state index contributed by atoms with van der Waals surface area (Å²) in [5, 5.41) is 2.61. The van der Waals surface area contributed by atoms with Crippen molar-refractivity contribution in [3.05, 3.63) is 83.8 Å². The van der Waals surface area contributed by atoms with Crippen molar-refractivity contribution in [2.75, 3.05) is 5.32 Å². The van der Waals surface area contributed by atoms with Crippen LogP contribution in [-0.2, 0) is 0 Å². The molecule has 4 rings (SSSR count). The third-order valence-electron chi connectivity index (χ3n) is 4.26. The molecule has 0 aliphatic carbocycles. The zero-order valence-electron chi connectivity index (χ0n) is 14.8. The van der Waals surface area contributed by atoms with E-state index in [2.05, 4.69) is 15.3 Å². The van der Waals surface area contributed by atoms with Gasteiger partial charge in [-0.05, 0) is 24.3 Å². The molecule has 0 aliphatic rings. The van der Waals surface area contributed by atoms with E-state index in [1.807, 2.05) is 0 Å². The van der Waals surface area contributed by atoms with Gasteiger partial charge in [-0.15, -0.1) is 0 Å². The van der Waals surface area contributed by atoms with E-state index in [-0.39, 0.29) is 16.9 Å². The lowest BCUT2D eigenvalue weighted by molar-refractivity contribution is 0.0997. The third kappa shape index (κ3) is 3.41. The molecule has 3 N–H and O–H groups in total. The summed E-state index contributed by atoms with van der Waals surface area (Å²) in [7, 11) is 0. The fraction of sp³-hybridized carbons (Fsp3) is 0. The Kier molecular flexibility index (Phi) is 4.47. The lowest BCUT2D eigenvalue weighted by Crippen LogP contribution is -2.16. The Bertz CT molecular complexity index is 1270. The molecule has 9 heteroatoms. The number of anilines is 1. The molecule has 0 aliphatic heterocycles. The lowest BCUT2D eigenvalue weighted by Gasteiger charge is -2.09. The van der Waals surface area contributed by atoms with Crippen LogP contribution in [0.5, 0.6) is 0 Å². The second-order valence-corrected chi connectivity index (χ2v) is 6.14. The SMILES string of the molecule is NC(=O)c1cccc(-c2nc3cnccn3c2NC(=O)c2ccc(F)cc2F)c1. The Morgan fingerprint density at radius 1 is 1.10 bits per heavy atom. The molecule has 0 bridgehead atoms. The zero-order valence-corrected chi connectivity index (χ0v) is 14.8. The summed E-state index contributed by atoms with van der Waals surface area (Å²) >= 11 is 0. The number of imidazole rings is 1. The number of nitrogens with two attached hydrogens (primary N) is 1. The number of aromatic nitrogens is 3. The molecule has 0 radical (unpaired) electrons. The van der Waals surface area contributed by atoms with Crippen LogP contribution in [0.15, 0.2) is 61.1 Å². The van der Waals surface area contributed by atoms with Crippen molar-refractivity contribution in [3.63, 3.8) is 0 Å². The summed E-state index contributed by atoms with van der Waals surface area (Å²) in [6.07, 6.45) is 4.54. The molecule has 0 spiro atoms. The number of carbonyl (C=O) groups excluding carboxylic acids is 2. The summed E-state index contributed by atoms with van der Waals surface area (Å²) in [4.78, 5) is 32.6. The van der Waals surface area contributed by atoms with Crippen molar-refractivity contribution in [1.29, 1.82) is 0 Å². The minimum Gasteiger partial charge on any atom is -0.366 e. The smallest absolute Gasteiger partial charge is 0.259 e. The van der Waals surface area contributed by atoms with Gasteiger partial charge in [-0.25, -0.2) is 13.8 Å². The highest BCUT2D eigenvalue weighted by atomic mass is 19.1. The van der Waals surface area contributed by atoms with Gasteiger partial charge in [0.15, 0.2) is 5.65 Å². The largest absolute Gasteiger partial charge is 0.366 e. The number of rotatable bonds is 4. The van der Waals surface area contributed by atoms with Crippen LogP contribution in [0.4, 0.5) is 14.6 Å². The van der Waals surface area contributed by atoms with E-state index in [4.69, 9.17) is 5.73 Å². The highest BCUT2D eigenvalue weighted by Gasteiger charge is 2.20. The molecule has 2 aromatic heterocycles. The number of halogens is 2. The van der Waals surface area contributed by atoms with Crippen molar-refractivity contribution in [2.24, 2.45) is 5.73 Å². The number of carbonyl (C=O) groups is 2. The molecule has 29 heavy (non-hydrogen) atoms. The van der Waals surface area contributed by atoms with Crippen molar-refractivity contribution < 1.29 is 18.4 Å². The van der Waals surface area contributed by atoms with Crippen LogP contribution in [0.2, 0.25) is 0 Å². The molecule has 0 saturated heterocycles. The Balaban J connectivity index is 1.83. The van der Waals surface area contributed by atoms with Gasteiger partial charge in [0, 0.05) is 29.6 Å². The fourth-order valence-corrected chi connectivity index (χ4v) is 2.90. The number of nitrogens with zero attached hydrogens (tertiary/aromatic N) is 3. The predicted octanol–water partition coefficient (Wildman–Crippen LogP) is 3.03. The van der Waals surface area contributed by atoms with Gasteiger partial charge >= 0.3 is 0 Å². The predicted molar refractivity (Wildman–Crippen MR) is 101 cm³/mol. The molecule has 0 fully saturated rings. The van der Waals surface area contributed by atoms with Crippen LogP contribution in [0.1, 0.15) is 20.7 Å². The molecule has 0 unspecified atom stereocenters. The van der Waals surface area contributed by atoms with E-state index in [1.165, 1.54) is 18.5 Å². The fourth-order valence-electron chi connectivity index (χ4n) is 2.90. The van der Waals surface area contributed by atoms with Crippen molar-refractivity contribution in [1.82, 2.24) is 14.4 Å². The molecule has 2 aromatic carbocycles. The monoisotopic (exact) mass is 393 g/mol. The van der Waals surface area contributed by atoms with Crippen molar-refractivity contribution >= 4 is 23.3 Å². The number of primary amides is 1. The molecule has 4 aromatic rings. The first kappa shape index (κ1) is 18.2. The van der Waals surface area contributed by atoms with Gasteiger partial charge < -0.3 is 11.1 Å². The van der Waals surface area contributed by atoms with Gasteiger partial charge in [-0.1, -0.05) is 12.1 Å². The number of benzene rings is 2. The average Bonchev–Trinajstić information content (AvgIpc) is 3.06. The number of hydrogen-bond acceptors (Lipinski definition) is 4. The second-order valence-electron chi connectivity index (χ2n) is 6.14. The van der Waals surface area contributed by atoms with E-state index in [9.17, 15) is 18.4 Å². The third-order valence-corrected chi connectivity index (χ3v) is 4.26. The zero-order chi connectivity index (χ0) is 20.5. The highest BCUT2D eigenvalue weighted by molar-refractivity contribution is 6.06. The first-order chi connectivity index (χ1) is 13.9. The molecule has 2 heterocycles. The summed E-state index contributed by atoms with van der Waals surface area (Å²) < 4.78 is 28.7. The highest BCUT2D eigenvalue weighted by Crippen LogP contribution is 2.29. The number of fused-ring (bicyclic) bond motifs is 1. The first-order valence-corrected chi connectivity index (χ1v) is 8.43. The molecule has 144 valence electrons. The minimum absolute atomic E-state index is 0.234. The Morgan fingerprint density at radius 2 is 1.93 bits per heavy atom. The molecule has 7 nitrogen and oxygen atoms in total. The quantitative estimate of drug-likeness (QED) is 0.556. The van der Waals surface area contributed by atoms with Gasteiger partial charge in [-0.3, -0.25) is 19.0 Å². The van der Waals surface area contributed by atoms with Crippen LogP contribution in [0, 0.1) is 11.6 Å². The maximum atomic E-state index is 14.0. The number of amides is 2. The Labute approximate surface area is 162 Å². The Hall–Kier alpha value is -4.14.